The Morgan fingerprint density at radius 1 is 1.32 bits per heavy atom. The molecule has 0 saturated carbocycles. The van der Waals surface area contributed by atoms with Crippen LogP contribution in [0.2, 0.25) is 0 Å². The van der Waals surface area contributed by atoms with E-state index in [2.05, 4.69) is 23.2 Å². The molecule has 1 aliphatic heterocycles. The van der Waals surface area contributed by atoms with Gasteiger partial charge in [-0.3, -0.25) is 4.90 Å². The minimum Gasteiger partial charge on any atom is -0.493 e. The van der Waals surface area contributed by atoms with Crippen molar-refractivity contribution >= 4 is 12.4 Å². The van der Waals surface area contributed by atoms with Gasteiger partial charge in [-0.15, -0.1) is 12.4 Å². The highest BCUT2D eigenvalue weighted by Crippen LogP contribution is 2.31. The molecule has 0 bridgehead atoms. The average molecular weight is 287 g/mol. The molecule has 1 aromatic carbocycles. The van der Waals surface area contributed by atoms with Crippen LogP contribution in [0.5, 0.6) is 11.5 Å². The van der Waals surface area contributed by atoms with Gasteiger partial charge in [-0.2, -0.15) is 0 Å². The number of rotatable bonds is 4. The molecule has 0 amide bonds. The molecule has 2 rings (SSSR count). The summed E-state index contributed by atoms with van der Waals surface area (Å²) in [4.78, 5) is 2.44. The summed E-state index contributed by atoms with van der Waals surface area (Å²) in [5.74, 6) is 1.66. The van der Waals surface area contributed by atoms with E-state index in [1.807, 2.05) is 12.1 Å². The maximum Gasteiger partial charge on any atom is 0.165 e. The van der Waals surface area contributed by atoms with E-state index in [1.54, 1.807) is 14.2 Å². The first-order valence-corrected chi connectivity index (χ1v) is 6.40. The fourth-order valence-corrected chi connectivity index (χ4v) is 2.47. The van der Waals surface area contributed by atoms with E-state index in [9.17, 15) is 0 Å². The number of para-hydroxylation sites is 1. The van der Waals surface area contributed by atoms with Gasteiger partial charge in [0.25, 0.3) is 0 Å². The van der Waals surface area contributed by atoms with Gasteiger partial charge in [0, 0.05) is 37.8 Å². The van der Waals surface area contributed by atoms with E-state index in [-0.39, 0.29) is 12.4 Å². The standard InChI is InChI=1S/C14H22N2O2.ClH/c1-11-9-16(8-7-15-11)10-12-5-4-6-13(17-2)14(12)18-3;/h4-6,11,15H,7-10H2,1-3H3;1H/t11-;/m0./s1. The van der Waals surface area contributed by atoms with Crippen LogP contribution in [-0.4, -0.2) is 44.8 Å². The van der Waals surface area contributed by atoms with Gasteiger partial charge in [0.2, 0.25) is 0 Å². The summed E-state index contributed by atoms with van der Waals surface area (Å²) in [6.45, 7) is 6.32. The average Bonchev–Trinajstić information content (AvgIpc) is 2.38. The Balaban J connectivity index is 0.00000180. The Bertz CT molecular complexity index is 401. The van der Waals surface area contributed by atoms with Crippen molar-refractivity contribution in [3.63, 3.8) is 0 Å². The number of hydrogen-bond acceptors (Lipinski definition) is 4. The lowest BCUT2D eigenvalue weighted by Gasteiger charge is -2.32. The molecule has 108 valence electrons. The van der Waals surface area contributed by atoms with Gasteiger partial charge in [-0.05, 0) is 13.0 Å². The molecule has 1 heterocycles. The van der Waals surface area contributed by atoms with Crippen LogP contribution in [-0.2, 0) is 6.54 Å². The van der Waals surface area contributed by atoms with Gasteiger partial charge in [0.15, 0.2) is 11.5 Å². The lowest BCUT2D eigenvalue weighted by molar-refractivity contribution is 0.197. The quantitative estimate of drug-likeness (QED) is 0.917. The number of nitrogens with one attached hydrogen (secondary N) is 1. The number of methoxy groups -OCH3 is 2. The summed E-state index contributed by atoms with van der Waals surface area (Å²) in [5, 5.41) is 3.45. The third kappa shape index (κ3) is 4.00. The summed E-state index contributed by atoms with van der Waals surface area (Å²) in [6.07, 6.45) is 0. The molecule has 0 aliphatic carbocycles. The number of halogens is 1. The van der Waals surface area contributed by atoms with Crippen LogP contribution in [0.25, 0.3) is 0 Å². The van der Waals surface area contributed by atoms with E-state index in [0.717, 1.165) is 37.7 Å². The van der Waals surface area contributed by atoms with Crippen LogP contribution in [0.4, 0.5) is 0 Å². The summed E-state index contributed by atoms with van der Waals surface area (Å²) < 4.78 is 10.8. The van der Waals surface area contributed by atoms with Crippen molar-refractivity contribution in [1.82, 2.24) is 10.2 Å². The van der Waals surface area contributed by atoms with Crippen molar-refractivity contribution in [2.45, 2.75) is 19.5 Å². The van der Waals surface area contributed by atoms with Gasteiger partial charge in [-0.1, -0.05) is 12.1 Å². The van der Waals surface area contributed by atoms with Crippen molar-refractivity contribution in [1.29, 1.82) is 0 Å². The third-order valence-corrected chi connectivity index (χ3v) is 3.33. The zero-order valence-corrected chi connectivity index (χ0v) is 12.6. The summed E-state index contributed by atoms with van der Waals surface area (Å²) >= 11 is 0. The molecule has 1 saturated heterocycles. The monoisotopic (exact) mass is 286 g/mol. The number of benzene rings is 1. The van der Waals surface area contributed by atoms with Crippen molar-refractivity contribution in [3.8, 4) is 11.5 Å². The second-order valence-corrected chi connectivity index (χ2v) is 4.74. The first-order chi connectivity index (χ1) is 8.74. The van der Waals surface area contributed by atoms with E-state index in [1.165, 1.54) is 5.56 Å². The highest BCUT2D eigenvalue weighted by Gasteiger charge is 2.18. The normalized spacial score (nSPS) is 19.6. The molecule has 19 heavy (non-hydrogen) atoms. The van der Waals surface area contributed by atoms with Gasteiger partial charge >= 0.3 is 0 Å². The molecule has 0 spiro atoms. The lowest BCUT2D eigenvalue weighted by Crippen LogP contribution is -2.48. The van der Waals surface area contributed by atoms with Crippen LogP contribution in [0.3, 0.4) is 0 Å². The van der Waals surface area contributed by atoms with Gasteiger partial charge in [-0.25, -0.2) is 0 Å². The molecule has 1 fully saturated rings. The highest BCUT2D eigenvalue weighted by atomic mass is 35.5. The van der Waals surface area contributed by atoms with Crippen molar-refractivity contribution in [3.05, 3.63) is 23.8 Å². The van der Waals surface area contributed by atoms with Crippen molar-refractivity contribution < 1.29 is 9.47 Å². The molecule has 1 atom stereocenters. The zero-order valence-electron chi connectivity index (χ0n) is 11.8. The lowest BCUT2D eigenvalue weighted by atomic mass is 10.1. The van der Waals surface area contributed by atoms with Crippen LogP contribution < -0.4 is 14.8 Å². The first kappa shape index (κ1) is 16.1. The summed E-state index contributed by atoms with van der Waals surface area (Å²) in [5.41, 5.74) is 1.19. The Morgan fingerprint density at radius 3 is 2.74 bits per heavy atom. The van der Waals surface area contributed by atoms with Crippen LogP contribution in [0, 0.1) is 0 Å². The second-order valence-electron chi connectivity index (χ2n) is 4.74. The van der Waals surface area contributed by atoms with E-state index in [4.69, 9.17) is 9.47 Å². The number of piperazine rings is 1. The molecule has 0 aromatic heterocycles. The minimum absolute atomic E-state index is 0. The molecular weight excluding hydrogens is 264 g/mol. The predicted octanol–water partition coefficient (Wildman–Crippen LogP) is 1.92. The molecule has 1 N–H and O–H groups in total. The van der Waals surface area contributed by atoms with E-state index >= 15 is 0 Å². The smallest absolute Gasteiger partial charge is 0.165 e. The highest BCUT2D eigenvalue weighted by molar-refractivity contribution is 5.85. The van der Waals surface area contributed by atoms with Crippen molar-refractivity contribution in [2.75, 3.05) is 33.9 Å². The Morgan fingerprint density at radius 2 is 2.11 bits per heavy atom. The maximum absolute atomic E-state index is 5.47. The predicted molar refractivity (Wildman–Crippen MR) is 79.5 cm³/mol. The summed E-state index contributed by atoms with van der Waals surface area (Å²) in [6, 6.07) is 6.61. The molecule has 1 aliphatic rings. The van der Waals surface area contributed by atoms with Crippen LogP contribution in [0.1, 0.15) is 12.5 Å². The first-order valence-electron chi connectivity index (χ1n) is 6.40. The van der Waals surface area contributed by atoms with E-state index < -0.39 is 0 Å². The number of ether oxygens (including phenoxy) is 2. The molecule has 0 radical (unpaired) electrons. The van der Waals surface area contributed by atoms with Crippen LogP contribution in [0.15, 0.2) is 18.2 Å². The Hall–Kier alpha value is -0.970. The SMILES string of the molecule is COc1cccc(CN2CCN[C@@H](C)C2)c1OC.Cl. The van der Waals surface area contributed by atoms with Crippen LogP contribution >= 0.6 is 12.4 Å². The molecular formula is C14H23ClN2O2. The number of nitrogens with zero attached hydrogens (tertiary/aromatic N) is 1. The molecule has 1 aromatic rings. The van der Waals surface area contributed by atoms with Gasteiger partial charge in [0.05, 0.1) is 14.2 Å². The largest absolute Gasteiger partial charge is 0.493 e. The topological polar surface area (TPSA) is 33.7 Å². The molecule has 4 nitrogen and oxygen atoms in total. The Kier molecular flexibility index (Phi) is 6.42. The fraction of sp³-hybridized carbons (Fsp3) is 0.571. The Labute approximate surface area is 121 Å². The maximum atomic E-state index is 5.47. The minimum atomic E-state index is 0. The zero-order chi connectivity index (χ0) is 13.0. The molecule has 0 unspecified atom stereocenters. The van der Waals surface area contributed by atoms with Crippen molar-refractivity contribution in [2.24, 2.45) is 0 Å². The fourth-order valence-electron chi connectivity index (χ4n) is 2.47. The van der Waals surface area contributed by atoms with E-state index in [0.29, 0.717) is 6.04 Å². The van der Waals surface area contributed by atoms with Gasteiger partial charge in [0.1, 0.15) is 0 Å². The molecule has 5 heteroatoms. The third-order valence-electron chi connectivity index (χ3n) is 3.33. The number of hydrogen-bond donors (Lipinski definition) is 1. The second kappa shape index (κ2) is 7.58. The van der Waals surface area contributed by atoms with Gasteiger partial charge < -0.3 is 14.8 Å². The summed E-state index contributed by atoms with van der Waals surface area (Å²) in [7, 11) is 3.37.